The van der Waals surface area contributed by atoms with Gasteiger partial charge in [0.25, 0.3) is 11.6 Å². The third-order valence-electron chi connectivity index (χ3n) is 2.30. The number of nitrogens with zero attached hydrogens (tertiary/aromatic N) is 2. The number of benzene rings is 1. The molecule has 96 valence electrons. The SMILES string of the molecule is O=C(Nc1ccccc1[N+](=O)[O-])c1cccc(Cl)n1. The minimum Gasteiger partial charge on any atom is -0.315 e. The van der Waals surface area contributed by atoms with Crippen molar-refractivity contribution >= 4 is 28.9 Å². The van der Waals surface area contributed by atoms with E-state index in [-0.39, 0.29) is 22.2 Å². The number of carbonyl (C=O) groups is 1. The Bertz CT molecular complexity index is 646. The van der Waals surface area contributed by atoms with E-state index in [9.17, 15) is 14.9 Å². The molecular weight excluding hydrogens is 270 g/mol. The predicted octanol–water partition coefficient (Wildman–Crippen LogP) is 2.90. The minimum absolute atomic E-state index is 0.0886. The van der Waals surface area contributed by atoms with Crippen LogP contribution >= 0.6 is 11.6 Å². The average molecular weight is 278 g/mol. The van der Waals surface area contributed by atoms with Crippen LogP contribution in [0.5, 0.6) is 0 Å². The number of nitro benzene ring substituents is 1. The molecule has 0 unspecified atom stereocenters. The molecule has 0 bridgehead atoms. The summed E-state index contributed by atoms with van der Waals surface area (Å²) >= 11 is 5.67. The molecule has 0 spiro atoms. The molecule has 0 aliphatic rings. The second kappa shape index (κ2) is 5.45. The van der Waals surface area contributed by atoms with Gasteiger partial charge in [-0.2, -0.15) is 0 Å². The first kappa shape index (κ1) is 13.0. The van der Waals surface area contributed by atoms with Gasteiger partial charge in [-0.3, -0.25) is 14.9 Å². The molecule has 19 heavy (non-hydrogen) atoms. The normalized spacial score (nSPS) is 9.95. The number of halogens is 1. The quantitative estimate of drug-likeness (QED) is 0.531. The van der Waals surface area contributed by atoms with Crippen LogP contribution in [0.1, 0.15) is 10.5 Å². The highest BCUT2D eigenvalue weighted by Gasteiger charge is 2.16. The molecule has 0 saturated carbocycles. The van der Waals surface area contributed by atoms with Crippen LogP contribution in [-0.4, -0.2) is 15.8 Å². The highest BCUT2D eigenvalue weighted by molar-refractivity contribution is 6.29. The summed E-state index contributed by atoms with van der Waals surface area (Å²) in [6.45, 7) is 0. The molecule has 0 saturated heterocycles. The second-order valence-electron chi connectivity index (χ2n) is 3.57. The van der Waals surface area contributed by atoms with Crippen molar-refractivity contribution in [1.82, 2.24) is 4.98 Å². The van der Waals surface area contributed by atoms with E-state index in [0.29, 0.717) is 0 Å². The molecule has 0 fully saturated rings. The van der Waals surface area contributed by atoms with Crippen molar-refractivity contribution in [3.8, 4) is 0 Å². The minimum atomic E-state index is -0.568. The number of rotatable bonds is 3. The van der Waals surface area contributed by atoms with Crippen molar-refractivity contribution < 1.29 is 9.72 Å². The zero-order valence-corrected chi connectivity index (χ0v) is 10.3. The lowest BCUT2D eigenvalue weighted by Gasteiger charge is -2.05. The van der Waals surface area contributed by atoms with Gasteiger partial charge in [0.15, 0.2) is 0 Å². The van der Waals surface area contributed by atoms with Crippen LogP contribution in [0.3, 0.4) is 0 Å². The van der Waals surface area contributed by atoms with E-state index >= 15 is 0 Å². The van der Waals surface area contributed by atoms with E-state index in [0.717, 1.165) is 0 Å². The monoisotopic (exact) mass is 277 g/mol. The molecule has 2 aromatic rings. The Labute approximate surface area is 113 Å². The molecule has 6 nitrogen and oxygen atoms in total. The standard InChI is InChI=1S/C12H8ClN3O3/c13-11-7-3-5-9(14-11)12(17)15-8-4-1-2-6-10(8)16(18)19/h1-7H,(H,15,17). The van der Waals surface area contributed by atoms with Gasteiger partial charge in [-0.25, -0.2) is 4.98 Å². The largest absolute Gasteiger partial charge is 0.315 e. The fraction of sp³-hybridized carbons (Fsp3) is 0. The average Bonchev–Trinajstić information content (AvgIpc) is 2.39. The lowest BCUT2D eigenvalue weighted by atomic mass is 10.2. The second-order valence-corrected chi connectivity index (χ2v) is 3.96. The number of hydrogen-bond acceptors (Lipinski definition) is 4. The molecular formula is C12H8ClN3O3. The van der Waals surface area contributed by atoms with Gasteiger partial charge >= 0.3 is 0 Å². The van der Waals surface area contributed by atoms with Gasteiger partial charge < -0.3 is 5.32 Å². The number of aromatic nitrogens is 1. The Morgan fingerprint density at radius 1 is 1.21 bits per heavy atom. The molecule has 0 radical (unpaired) electrons. The third kappa shape index (κ3) is 3.05. The van der Waals surface area contributed by atoms with Gasteiger partial charge in [0.1, 0.15) is 16.5 Å². The summed E-state index contributed by atoms with van der Waals surface area (Å²) in [7, 11) is 0. The summed E-state index contributed by atoms with van der Waals surface area (Å²) in [5, 5.41) is 13.4. The van der Waals surface area contributed by atoms with Crippen molar-refractivity contribution in [1.29, 1.82) is 0 Å². The highest BCUT2D eigenvalue weighted by Crippen LogP contribution is 2.23. The van der Waals surface area contributed by atoms with E-state index in [1.165, 1.54) is 30.3 Å². The van der Waals surface area contributed by atoms with E-state index in [1.807, 2.05) is 0 Å². The van der Waals surface area contributed by atoms with Crippen LogP contribution in [0.25, 0.3) is 0 Å². The summed E-state index contributed by atoms with van der Waals surface area (Å²) < 4.78 is 0. The van der Waals surface area contributed by atoms with Crippen LogP contribution in [0.15, 0.2) is 42.5 Å². The lowest BCUT2D eigenvalue weighted by molar-refractivity contribution is -0.383. The van der Waals surface area contributed by atoms with Crippen LogP contribution in [-0.2, 0) is 0 Å². The lowest BCUT2D eigenvalue weighted by Crippen LogP contribution is -2.14. The number of amides is 1. The van der Waals surface area contributed by atoms with E-state index in [2.05, 4.69) is 10.3 Å². The molecule has 1 N–H and O–H groups in total. The smallest absolute Gasteiger partial charge is 0.292 e. The van der Waals surface area contributed by atoms with Gasteiger partial charge in [0.2, 0.25) is 0 Å². The highest BCUT2D eigenvalue weighted by atomic mass is 35.5. The number of nitrogens with one attached hydrogen (secondary N) is 1. The Hall–Kier alpha value is -2.47. The molecule has 1 aromatic carbocycles. The van der Waals surface area contributed by atoms with E-state index in [4.69, 9.17) is 11.6 Å². The van der Waals surface area contributed by atoms with Gasteiger partial charge in [-0.1, -0.05) is 29.8 Å². The van der Waals surface area contributed by atoms with Crippen molar-refractivity contribution in [2.45, 2.75) is 0 Å². The molecule has 0 aliphatic heterocycles. The fourth-order valence-corrected chi connectivity index (χ4v) is 1.62. The maximum Gasteiger partial charge on any atom is 0.292 e. The first-order valence-corrected chi connectivity index (χ1v) is 5.63. The van der Waals surface area contributed by atoms with Crippen LogP contribution in [0.2, 0.25) is 5.15 Å². The van der Waals surface area contributed by atoms with Gasteiger partial charge in [-0.15, -0.1) is 0 Å². The predicted molar refractivity (Wildman–Crippen MR) is 70.3 cm³/mol. The maximum atomic E-state index is 11.9. The number of nitro groups is 1. The zero-order chi connectivity index (χ0) is 13.8. The topological polar surface area (TPSA) is 85.1 Å². The fourth-order valence-electron chi connectivity index (χ4n) is 1.46. The molecule has 1 amide bonds. The number of anilines is 1. The van der Waals surface area contributed by atoms with Crippen molar-refractivity contribution in [2.75, 3.05) is 5.32 Å². The van der Waals surface area contributed by atoms with Crippen molar-refractivity contribution in [2.24, 2.45) is 0 Å². The molecule has 0 atom stereocenters. The van der Waals surface area contributed by atoms with Crippen LogP contribution in [0, 0.1) is 10.1 Å². The summed E-state index contributed by atoms with van der Waals surface area (Å²) in [6, 6.07) is 10.4. The maximum absolute atomic E-state index is 11.9. The molecule has 1 heterocycles. The van der Waals surface area contributed by atoms with Gasteiger partial charge in [0.05, 0.1) is 4.92 Å². The Morgan fingerprint density at radius 2 is 1.95 bits per heavy atom. The van der Waals surface area contributed by atoms with Crippen molar-refractivity contribution in [3.63, 3.8) is 0 Å². The molecule has 0 aliphatic carbocycles. The third-order valence-corrected chi connectivity index (χ3v) is 2.51. The summed E-state index contributed by atoms with van der Waals surface area (Å²) in [4.78, 5) is 26.0. The number of hydrogen-bond donors (Lipinski definition) is 1. The van der Waals surface area contributed by atoms with Crippen molar-refractivity contribution in [3.05, 3.63) is 63.4 Å². The van der Waals surface area contributed by atoms with Gasteiger partial charge in [0, 0.05) is 6.07 Å². The Balaban J connectivity index is 2.27. The molecule has 2 rings (SSSR count). The summed E-state index contributed by atoms with van der Waals surface area (Å²) in [5.41, 5.74) is 0.0165. The number of para-hydroxylation sites is 2. The molecule has 1 aromatic heterocycles. The molecule has 7 heteroatoms. The van der Waals surface area contributed by atoms with Crippen LogP contribution in [0.4, 0.5) is 11.4 Å². The Kier molecular flexibility index (Phi) is 3.72. The van der Waals surface area contributed by atoms with Gasteiger partial charge in [-0.05, 0) is 18.2 Å². The Morgan fingerprint density at radius 3 is 2.63 bits per heavy atom. The summed E-state index contributed by atoms with van der Waals surface area (Å²) in [5.74, 6) is -0.559. The summed E-state index contributed by atoms with van der Waals surface area (Å²) in [6.07, 6.45) is 0. The number of carbonyl (C=O) groups excluding carboxylic acids is 1. The zero-order valence-electron chi connectivity index (χ0n) is 9.54. The van der Waals surface area contributed by atoms with E-state index in [1.54, 1.807) is 12.1 Å². The van der Waals surface area contributed by atoms with Crippen LogP contribution < -0.4 is 5.32 Å². The number of pyridine rings is 1. The first-order chi connectivity index (χ1) is 9.08. The van der Waals surface area contributed by atoms with E-state index < -0.39 is 10.8 Å². The first-order valence-electron chi connectivity index (χ1n) is 5.25.